The van der Waals surface area contributed by atoms with Crippen LogP contribution in [0.5, 0.6) is 0 Å². The smallest absolute Gasteiger partial charge is 0.131 e. The Kier molecular flexibility index (Phi) is 3.72. The number of pyridine rings is 1. The van der Waals surface area contributed by atoms with Crippen molar-refractivity contribution in [3.8, 4) is 0 Å². The zero-order chi connectivity index (χ0) is 16.9. The summed E-state index contributed by atoms with van der Waals surface area (Å²) >= 11 is 0. The number of benzene rings is 1. The second-order valence-electron chi connectivity index (χ2n) is 7.80. The van der Waals surface area contributed by atoms with Gasteiger partial charge in [-0.15, -0.1) is 0 Å². The van der Waals surface area contributed by atoms with Gasteiger partial charge in [0.25, 0.3) is 0 Å². The molecule has 2 radical (unpaired) electrons. The Morgan fingerprint density at radius 2 is 2.04 bits per heavy atom. The van der Waals surface area contributed by atoms with Gasteiger partial charge in [0, 0.05) is 36.5 Å². The van der Waals surface area contributed by atoms with Crippen molar-refractivity contribution in [1.29, 1.82) is 0 Å². The maximum Gasteiger partial charge on any atom is 0.131 e. The van der Waals surface area contributed by atoms with Crippen molar-refractivity contribution in [2.75, 3.05) is 30.8 Å². The number of nitrogens with zero attached hydrogens (tertiary/aromatic N) is 2. The van der Waals surface area contributed by atoms with Crippen LogP contribution in [-0.2, 0) is 13.0 Å². The van der Waals surface area contributed by atoms with E-state index in [1.807, 2.05) is 7.05 Å². The Morgan fingerprint density at radius 3 is 2.75 bits per heavy atom. The van der Waals surface area contributed by atoms with Gasteiger partial charge in [-0.3, -0.25) is 4.90 Å². The molecule has 0 saturated carbocycles. The number of hydrogen-bond acceptors (Lipinski definition) is 4. The number of nitrogens with one attached hydrogen (secondary N) is 2. The van der Waals surface area contributed by atoms with Crippen LogP contribution in [-0.4, -0.2) is 43.4 Å². The molecule has 1 aromatic carbocycles. The van der Waals surface area contributed by atoms with Crippen molar-refractivity contribution < 1.29 is 0 Å². The molecule has 4 nitrogen and oxygen atoms in total. The van der Waals surface area contributed by atoms with E-state index in [1.165, 1.54) is 42.7 Å². The summed E-state index contributed by atoms with van der Waals surface area (Å²) in [6.45, 7) is 7.72. The predicted molar refractivity (Wildman–Crippen MR) is 103 cm³/mol. The number of fused-ring (bicyclic) bond motifs is 3. The third-order valence-electron chi connectivity index (χ3n) is 5.26. The molecule has 4 rings (SSSR count). The topological polar surface area (TPSA) is 40.2 Å². The fraction of sp³-hybridized carbons (Fsp3) is 0.526. The van der Waals surface area contributed by atoms with Gasteiger partial charge in [-0.05, 0) is 51.4 Å². The van der Waals surface area contributed by atoms with E-state index in [9.17, 15) is 0 Å². The first kappa shape index (κ1) is 15.8. The molecule has 3 heterocycles. The molecule has 1 fully saturated rings. The van der Waals surface area contributed by atoms with Crippen LogP contribution in [0.25, 0.3) is 10.9 Å². The van der Waals surface area contributed by atoms with Gasteiger partial charge in [0.15, 0.2) is 0 Å². The molecular formula is C19H25BN4. The normalized spacial score (nSPS) is 19.5. The predicted octanol–water partition coefficient (Wildman–Crippen LogP) is 2.41. The van der Waals surface area contributed by atoms with Crippen LogP contribution in [0.1, 0.15) is 37.8 Å². The van der Waals surface area contributed by atoms with Crippen LogP contribution in [0, 0.1) is 0 Å². The molecule has 124 valence electrons. The summed E-state index contributed by atoms with van der Waals surface area (Å²) in [5.74, 6) is 0.979. The largest absolute Gasteiger partial charge is 0.379 e. The van der Waals surface area contributed by atoms with E-state index in [-0.39, 0.29) is 5.54 Å². The van der Waals surface area contributed by atoms with Gasteiger partial charge >= 0.3 is 0 Å². The summed E-state index contributed by atoms with van der Waals surface area (Å²) in [5.41, 5.74) is 5.59. The monoisotopic (exact) mass is 320 g/mol. The lowest BCUT2D eigenvalue weighted by Gasteiger charge is -2.20. The second-order valence-corrected chi connectivity index (χ2v) is 7.80. The molecular weight excluding hydrogens is 295 g/mol. The molecule has 24 heavy (non-hydrogen) atoms. The lowest BCUT2D eigenvalue weighted by atomic mass is 9.88. The van der Waals surface area contributed by atoms with E-state index in [2.05, 4.69) is 41.5 Å². The van der Waals surface area contributed by atoms with Crippen LogP contribution in [0.3, 0.4) is 0 Å². The first-order chi connectivity index (χ1) is 11.5. The Balaban J connectivity index is 1.82. The summed E-state index contributed by atoms with van der Waals surface area (Å²) < 4.78 is 0. The highest BCUT2D eigenvalue weighted by molar-refractivity contribution is 6.34. The highest BCUT2D eigenvalue weighted by atomic mass is 15.1. The first-order valence-electron chi connectivity index (χ1n) is 8.90. The quantitative estimate of drug-likeness (QED) is 0.852. The molecule has 0 spiro atoms. The van der Waals surface area contributed by atoms with Gasteiger partial charge < -0.3 is 10.6 Å². The Bertz CT molecular complexity index is 794. The zero-order valence-corrected chi connectivity index (χ0v) is 14.9. The van der Waals surface area contributed by atoms with E-state index in [4.69, 9.17) is 12.8 Å². The summed E-state index contributed by atoms with van der Waals surface area (Å²) in [5, 5.41) is 8.07. The standard InChI is InChI=1S/C19H25BN4/c1-19(2)10-14-17(23-19)13-9-15(20)12(11-24-6-4-5-7-24)8-16(13)22-18(14)21-3/h8-9,23H,4-7,10-11H2,1-3H3,(H,21,22). The second kappa shape index (κ2) is 5.66. The highest BCUT2D eigenvalue weighted by Crippen LogP contribution is 2.40. The molecule has 1 saturated heterocycles. The molecule has 2 aliphatic rings. The van der Waals surface area contributed by atoms with E-state index in [0.717, 1.165) is 35.1 Å². The van der Waals surface area contributed by atoms with Crippen molar-refractivity contribution in [2.24, 2.45) is 0 Å². The van der Waals surface area contributed by atoms with Gasteiger partial charge in [-0.1, -0.05) is 11.5 Å². The molecule has 0 amide bonds. The van der Waals surface area contributed by atoms with Crippen LogP contribution >= 0.6 is 0 Å². The maximum absolute atomic E-state index is 6.40. The molecule has 0 bridgehead atoms. The Hall–Kier alpha value is -1.75. The number of hydrogen-bond donors (Lipinski definition) is 2. The third-order valence-corrected chi connectivity index (χ3v) is 5.26. The Labute approximate surface area is 145 Å². The lowest BCUT2D eigenvalue weighted by molar-refractivity contribution is 0.332. The van der Waals surface area contributed by atoms with Crippen LogP contribution < -0.4 is 16.1 Å². The van der Waals surface area contributed by atoms with Gasteiger partial charge in [-0.25, -0.2) is 4.98 Å². The van der Waals surface area contributed by atoms with E-state index >= 15 is 0 Å². The summed E-state index contributed by atoms with van der Waals surface area (Å²) in [4.78, 5) is 7.36. The minimum absolute atomic E-state index is 0.0485. The molecule has 0 unspecified atom stereocenters. The molecule has 2 aromatic rings. The number of aromatic nitrogens is 1. The summed E-state index contributed by atoms with van der Waals surface area (Å²) in [7, 11) is 8.35. The average Bonchev–Trinajstić information content (AvgIpc) is 3.14. The van der Waals surface area contributed by atoms with E-state index in [1.54, 1.807) is 0 Å². The summed E-state index contributed by atoms with van der Waals surface area (Å²) in [6.07, 6.45) is 3.56. The minimum Gasteiger partial charge on any atom is -0.379 e. The first-order valence-corrected chi connectivity index (χ1v) is 8.90. The fourth-order valence-electron chi connectivity index (χ4n) is 4.07. The SMILES string of the molecule is [B]c1cc2c3c(c(NC)nc2cc1CN1CCCC1)CC(C)(C)N3. The van der Waals surface area contributed by atoms with Crippen molar-refractivity contribution in [3.05, 3.63) is 23.3 Å². The zero-order valence-electron chi connectivity index (χ0n) is 14.9. The number of rotatable bonds is 3. The minimum atomic E-state index is 0.0485. The fourth-order valence-corrected chi connectivity index (χ4v) is 4.07. The molecule has 0 aliphatic carbocycles. The van der Waals surface area contributed by atoms with Crippen molar-refractivity contribution >= 4 is 35.7 Å². The van der Waals surface area contributed by atoms with Crippen LogP contribution in [0.15, 0.2) is 12.1 Å². The molecule has 2 aliphatic heterocycles. The van der Waals surface area contributed by atoms with E-state index in [0.29, 0.717) is 0 Å². The maximum atomic E-state index is 6.40. The molecule has 1 aromatic heterocycles. The molecule has 0 atom stereocenters. The van der Waals surface area contributed by atoms with Gasteiger partial charge in [0.2, 0.25) is 0 Å². The third kappa shape index (κ3) is 2.65. The van der Waals surface area contributed by atoms with Gasteiger partial charge in [0.05, 0.1) is 11.2 Å². The van der Waals surface area contributed by atoms with Crippen molar-refractivity contribution in [1.82, 2.24) is 9.88 Å². The summed E-state index contributed by atoms with van der Waals surface area (Å²) in [6, 6.07) is 4.29. The van der Waals surface area contributed by atoms with Crippen molar-refractivity contribution in [2.45, 2.75) is 45.2 Å². The van der Waals surface area contributed by atoms with E-state index < -0.39 is 0 Å². The number of anilines is 2. The lowest BCUT2D eigenvalue weighted by Crippen LogP contribution is -2.27. The van der Waals surface area contributed by atoms with Gasteiger partial charge in [-0.2, -0.15) is 0 Å². The average molecular weight is 320 g/mol. The molecule has 5 heteroatoms. The van der Waals surface area contributed by atoms with Gasteiger partial charge in [0.1, 0.15) is 13.7 Å². The van der Waals surface area contributed by atoms with Crippen LogP contribution in [0.4, 0.5) is 11.5 Å². The van der Waals surface area contributed by atoms with Crippen LogP contribution in [0.2, 0.25) is 0 Å². The highest BCUT2D eigenvalue weighted by Gasteiger charge is 2.31. The number of likely N-dealkylation sites (tertiary alicyclic amines) is 1. The van der Waals surface area contributed by atoms with Crippen molar-refractivity contribution in [3.63, 3.8) is 0 Å². The Morgan fingerprint density at radius 1 is 1.29 bits per heavy atom. The molecule has 2 N–H and O–H groups in total.